The van der Waals surface area contributed by atoms with Crippen LogP contribution in [0.5, 0.6) is 11.5 Å². The Morgan fingerprint density at radius 1 is 1.08 bits per heavy atom. The third kappa shape index (κ3) is 4.74. The zero-order valence-electron chi connectivity index (χ0n) is 20.5. The molecular formula is C27H31N7O2. The van der Waals surface area contributed by atoms with Gasteiger partial charge in [0.25, 0.3) is 0 Å². The summed E-state index contributed by atoms with van der Waals surface area (Å²) < 4.78 is 7.81. The number of nitrogens with two attached hydrogens (primary N) is 2. The molecule has 0 radical (unpaired) electrons. The summed E-state index contributed by atoms with van der Waals surface area (Å²) in [6, 6.07) is 16.8. The lowest BCUT2D eigenvalue weighted by Crippen LogP contribution is -2.43. The number of aromatic nitrogens is 4. The van der Waals surface area contributed by atoms with Crippen LogP contribution >= 0.6 is 0 Å². The Bertz CT molecular complexity index is 1350. The second-order valence-electron chi connectivity index (χ2n) is 9.65. The van der Waals surface area contributed by atoms with Crippen molar-refractivity contribution < 1.29 is 9.53 Å². The molecule has 1 fully saturated rings. The van der Waals surface area contributed by atoms with Crippen molar-refractivity contribution in [1.82, 2.24) is 24.6 Å². The molecule has 1 aliphatic rings. The Kier molecular flexibility index (Phi) is 6.56. The number of benzene rings is 2. The van der Waals surface area contributed by atoms with Crippen molar-refractivity contribution >= 4 is 22.8 Å². The van der Waals surface area contributed by atoms with Crippen molar-refractivity contribution in [3.63, 3.8) is 0 Å². The minimum atomic E-state index is -0.483. The molecule has 2 aromatic carbocycles. The van der Waals surface area contributed by atoms with E-state index in [9.17, 15) is 4.79 Å². The highest BCUT2D eigenvalue weighted by Gasteiger charge is 2.33. The third-order valence-electron chi connectivity index (χ3n) is 6.49. The molecule has 0 unspecified atom stereocenters. The molecule has 1 saturated heterocycles. The minimum absolute atomic E-state index is 0.00831. The summed E-state index contributed by atoms with van der Waals surface area (Å²) in [6.07, 6.45) is 2.89. The van der Waals surface area contributed by atoms with Crippen LogP contribution in [0.1, 0.15) is 32.7 Å². The number of amides is 1. The highest BCUT2D eigenvalue weighted by Crippen LogP contribution is 2.35. The summed E-state index contributed by atoms with van der Waals surface area (Å²) in [5, 5.41) is 5.63. The fourth-order valence-electron chi connectivity index (χ4n) is 4.74. The molecule has 0 saturated carbocycles. The molecule has 1 amide bonds. The maximum Gasteiger partial charge on any atom is 0.239 e. The Hall–Kier alpha value is -3.98. The molecule has 1 aliphatic heterocycles. The normalized spacial score (nSPS) is 16.6. The number of carbonyl (C=O) groups is 1. The van der Waals surface area contributed by atoms with Gasteiger partial charge in [-0.2, -0.15) is 5.10 Å². The number of hydrogen-bond acceptors (Lipinski definition) is 7. The van der Waals surface area contributed by atoms with E-state index in [1.807, 2.05) is 64.2 Å². The van der Waals surface area contributed by atoms with Crippen molar-refractivity contribution in [3.8, 4) is 22.8 Å². The van der Waals surface area contributed by atoms with Gasteiger partial charge in [-0.3, -0.25) is 4.79 Å². The topological polar surface area (TPSA) is 125 Å². The first-order valence-corrected chi connectivity index (χ1v) is 12.3. The van der Waals surface area contributed by atoms with E-state index in [0.717, 1.165) is 23.5 Å². The lowest BCUT2D eigenvalue weighted by Gasteiger charge is -2.22. The van der Waals surface area contributed by atoms with Crippen LogP contribution in [-0.4, -0.2) is 49.7 Å². The first kappa shape index (κ1) is 23.7. The number of para-hydroxylation sites is 1. The molecule has 36 heavy (non-hydrogen) atoms. The molecular weight excluding hydrogens is 454 g/mol. The van der Waals surface area contributed by atoms with E-state index >= 15 is 0 Å². The van der Waals surface area contributed by atoms with Crippen LogP contribution in [0.3, 0.4) is 0 Å². The number of nitrogens with zero attached hydrogens (tertiary/aromatic N) is 5. The molecule has 4 N–H and O–H groups in total. The van der Waals surface area contributed by atoms with Gasteiger partial charge in [-0.05, 0) is 55.2 Å². The Labute approximate surface area is 210 Å². The van der Waals surface area contributed by atoms with Gasteiger partial charge in [0.2, 0.25) is 5.91 Å². The number of anilines is 1. The number of nitrogen functional groups attached to an aromatic ring is 1. The maximum atomic E-state index is 12.9. The number of likely N-dealkylation sites (tertiary alicyclic amines) is 1. The fraction of sp³-hybridized carbons (Fsp3) is 0.333. The van der Waals surface area contributed by atoms with Crippen LogP contribution in [0.25, 0.3) is 22.3 Å². The molecule has 9 heteroatoms. The molecule has 2 atom stereocenters. The zero-order chi connectivity index (χ0) is 25.2. The maximum absolute atomic E-state index is 12.9. The van der Waals surface area contributed by atoms with Crippen LogP contribution in [0, 0.1) is 5.92 Å². The van der Waals surface area contributed by atoms with Gasteiger partial charge in [0.15, 0.2) is 5.65 Å². The van der Waals surface area contributed by atoms with Gasteiger partial charge in [-0.15, -0.1) is 0 Å². The Balaban J connectivity index is 1.42. The average molecular weight is 486 g/mol. The van der Waals surface area contributed by atoms with Crippen molar-refractivity contribution in [1.29, 1.82) is 0 Å². The predicted octanol–water partition coefficient (Wildman–Crippen LogP) is 4.01. The van der Waals surface area contributed by atoms with Gasteiger partial charge in [-0.25, -0.2) is 14.6 Å². The van der Waals surface area contributed by atoms with Crippen molar-refractivity contribution in [2.24, 2.45) is 11.7 Å². The van der Waals surface area contributed by atoms with Gasteiger partial charge in [-0.1, -0.05) is 32.0 Å². The number of ether oxygens (including phenoxy) is 1. The molecule has 9 nitrogen and oxygen atoms in total. The SMILES string of the molecule is CC(C)C[C@@H](N)C(=O)N1CC[C@@H](n2nc(-c3ccc(Oc4ccccc4)cc3)c3c(N)ncnc32)C1. The molecule has 3 heterocycles. The van der Waals surface area contributed by atoms with Crippen LogP contribution in [0.15, 0.2) is 60.9 Å². The van der Waals surface area contributed by atoms with Gasteiger partial charge < -0.3 is 21.1 Å². The Morgan fingerprint density at radius 3 is 2.53 bits per heavy atom. The smallest absolute Gasteiger partial charge is 0.239 e. The summed E-state index contributed by atoms with van der Waals surface area (Å²) in [4.78, 5) is 23.4. The Morgan fingerprint density at radius 2 is 1.81 bits per heavy atom. The summed E-state index contributed by atoms with van der Waals surface area (Å²) in [7, 11) is 0. The molecule has 4 aromatic rings. The van der Waals surface area contributed by atoms with E-state index < -0.39 is 6.04 Å². The van der Waals surface area contributed by atoms with E-state index in [0.29, 0.717) is 48.0 Å². The monoisotopic (exact) mass is 485 g/mol. The summed E-state index contributed by atoms with van der Waals surface area (Å²) in [5.74, 6) is 2.22. The number of fused-ring (bicyclic) bond motifs is 1. The molecule has 0 bridgehead atoms. The van der Waals surface area contributed by atoms with E-state index in [1.165, 1.54) is 6.33 Å². The summed E-state index contributed by atoms with van der Waals surface area (Å²) >= 11 is 0. The summed E-state index contributed by atoms with van der Waals surface area (Å²) in [6.45, 7) is 5.32. The lowest BCUT2D eigenvalue weighted by atomic mass is 10.0. The second-order valence-corrected chi connectivity index (χ2v) is 9.65. The summed E-state index contributed by atoms with van der Waals surface area (Å²) in [5.41, 5.74) is 14.7. The van der Waals surface area contributed by atoms with Crippen molar-refractivity contribution in [2.45, 2.75) is 38.8 Å². The first-order chi connectivity index (χ1) is 17.4. The quantitative estimate of drug-likeness (QED) is 0.405. The predicted molar refractivity (Wildman–Crippen MR) is 139 cm³/mol. The van der Waals surface area contributed by atoms with E-state index in [-0.39, 0.29) is 11.9 Å². The molecule has 2 aromatic heterocycles. The van der Waals surface area contributed by atoms with Crippen LogP contribution < -0.4 is 16.2 Å². The van der Waals surface area contributed by atoms with Crippen molar-refractivity contribution in [2.75, 3.05) is 18.8 Å². The van der Waals surface area contributed by atoms with E-state index in [4.69, 9.17) is 21.3 Å². The van der Waals surface area contributed by atoms with Gasteiger partial charge >= 0.3 is 0 Å². The van der Waals surface area contributed by atoms with Crippen LogP contribution in [0.2, 0.25) is 0 Å². The molecule has 186 valence electrons. The second kappa shape index (κ2) is 9.94. The standard InChI is InChI=1S/C27H31N7O2/c1-17(2)14-22(28)27(35)33-13-12-19(15-33)34-26-23(25(29)30-16-31-26)24(32-34)18-8-10-21(11-9-18)36-20-6-4-3-5-7-20/h3-11,16-17,19,22H,12-15,28H2,1-2H3,(H2,29,30,31)/t19-,22-/m1/s1. The molecule has 5 rings (SSSR count). The molecule has 0 spiro atoms. The third-order valence-corrected chi connectivity index (χ3v) is 6.49. The highest BCUT2D eigenvalue weighted by atomic mass is 16.5. The number of carbonyl (C=O) groups excluding carboxylic acids is 1. The highest BCUT2D eigenvalue weighted by molar-refractivity contribution is 5.98. The number of rotatable bonds is 7. The van der Waals surface area contributed by atoms with E-state index in [1.54, 1.807) is 0 Å². The molecule has 0 aliphatic carbocycles. The number of hydrogen-bond donors (Lipinski definition) is 2. The van der Waals surface area contributed by atoms with Crippen LogP contribution in [0.4, 0.5) is 5.82 Å². The minimum Gasteiger partial charge on any atom is -0.457 e. The van der Waals surface area contributed by atoms with Gasteiger partial charge in [0.05, 0.1) is 17.5 Å². The van der Waals surface area contributed by atoms with Gasteiger partial charge in [0, 0.05) is 18.7 Å². The first-order valence-electron chi connectivity index (χ1n) is 12.3. The average Bonchev–Trinajstić information content (AvgIpc) is 3.50. The van der Waals surface area contributed by atoms with Crippen molar-refractivity contribution in [3.05, 3.63) is 60.9 Å². The largest absolute Gasteiger partial charge is 0.457 e. The van der Waals surface area contributed by atoms with E-state index in [2.05, 4.69) is 23.8 Å². The lowest BCUT2D eigenvalue weighted by molar-refractivity contribution is -0.132. The van der Waals surface area contributed by atoms with Crippen LogP contribution in [-0.2, 0) is 4.79 Å². The van der Waals surface area contributed by atoms with Gasteiger partial charge in [0.1, 0.15) is 29.3 Å². The fourth-order valence-corrected chi connectivity index (χ4v) is 4.74. The zero-order valence-corrected chi connectivity index (χ0v) is 20.5.